The lowest BCUT2D eigenvalue weighted by Crippen LogP contribution is -2.33. The summed E-state index contributed by atoms with van der Waals surface area (Å²) in [4.78, 5) is 29.4. The van der Waals surface area contributed by atoms with E-state index >= 15 is 0 Å². The van der Waals surface area contributed by atoms with Crippen LogP contribution < -0.4 is 0 Å². The number of likely N-dealkylation sites (tertiary alicyclic amines) is 1. The first-order valence-electron chi connectivity index (χ1n) is 10.5. The van der Waals surface area contributed by atoms with Crippen molar-refractivity contribution in [2.45, 2.75) is 32.4 Å². The number of hydrogen-bond acceptors (Lipinski definition) is 5. The van der Waals surface area contributed by atoms with E-state index < -0.39 is 0 Å². The zero-order chi connectivity index (χ0) is 22.4. The van der Waals surface area contributed by atoms with Gasteiger partial charge in [-0.25, -0.2) is 9.97 Å². The number of fused-ring (bicyclic) bond motifs is 1. The van der Waals surface area contributed by atoms with E-state index in [2.05, 4.69) is 9.97 Å². The van der Waals surface area contributed by atoms with Gasteiger partial charge in [0.25, 0.3) is 5.91 Å². The van der Waals surface area contributed by atoms with Crippen LogP contribution >= 0.6 is 22.9 Å². The fourth-order valence-corrected chi connectivity index (χ4v) is 5.43. The summed E-state index contributed by atoms with van der Waals surface area (Å²) in [5, 5.41) is 1.46. The van der Waals surface area contributed by atoms with Crippen molar-refractivity contribution in [3.8, 4) is 10.4 Å². The van der Waals surface area contributed by atoms with Crippen LogP contribution in [0.15, 0.2) is 42.5 Å². The van der Waals surface area contributed by atoms with Gasteiger partial charge in [-0.1, -0.05) is 35.9 Å². The number of imidazole rings is 1. The number of hydrogen-bond donors (Lipinski definition) is 1. The minimum Gasteiger partial charge on any atom is -0.380 e. The van der Waals surface area contributed by atoms with Crippen molar-refractivity contribution in [2.24, 2.45) is 0 Å². The quantitative estimate of drug-likeness (QED) is 0.427. The van der Waals surface area contributed by atoms with Gasteiger partial charge in [0.2, 0.25) is 0 Å². The number of thiazole rings is 1. The van der Waals surface area contributed by atoms with Crippen LogP contribution in [0, 0.1) is 13.8 Å². The smallest absolute Gasteiger partial charge is 0.274 e. The first-order valence-corrected chi connectivity index (χ1v) is 11.7. The number of nitrogens with one attached hydrogen (secondary N) is 1. The molecule has 1 N–H and O–H groups in total. The highest BCUT2D eigenvalue weighted by Gasteiger charge is 2.40. The molecule has 2 aromatic carbocycles. The molecule has 8 heteroatoms. The largest absolute Gasteiger partial charge is 0.380 e. The molecular formula is C24H23ClN4O2S. The van der Waals surface area contributed by atoms with Crippen molar-refractivity contribution in [1.29, 1.82) is 0 Å². The molecule has 1 saturated heterocycles. The number of aromatic nitrogens is 3. The van der Waals surface area contributed by atoms with E-state index in [1.54, 1.807) is 7.11 Å². The number of halogens is 1. The summed E-state index contributed by atoms with van der Waals surface area (Å²) in [7, 11) is 1.68. The number of benzene rings is 2. The van der Waals surface area contributed by atoms with Gasteiger partial charge >= 0.3 is 0 Å². The summed E-state index contributed by atoms with van der Waals surface area (Å²) >= 11 is 7.71. The zero-order valence-corrected chi connectivity index (χ0v) is 19.6. The Labute approximate surface area is 195 Å². The highest BCUT2D eigenvalue weighted by atomic mass is 35.5. The lowest BCUT2D eigenvalue weighted by Gasteiger charge is -2.22. The molecule has 2 aromatic heterocycles. The molecule has 0 unspecified atom stereocenters. The van der Waals surface area contributed by atoms with Crippen LogP contribution in [-0.2, 0) is 4.74 Å². The van der Waals surface area contributed by atoms with E-state index in [1.807, 2.05) is 61.2 Å². The monoisotopic (exact) mass is 466 g/mol. The molecule has 0 spiro atoms. The number of rotatable bonds is 4. The van der Waals surface area contributed by atoms with Crippen LogP contribution in [0.1, 0.15) is 39.3 Å². The van der Waals surface area contributed by atoms with Gasteiger partial charge < -0.3 is 14.6 Å². The highest BCUT2D eigenvalue weighted by Crippen LogP contribution is 2.38. The van der Waals surface area contributed by atoms with Crippen molar-refractivity contribution in [3.05, 3.63) is 69.6 Å². The normalized spacial score (nSPS) is 18.6. The molecule has 1 fully saturated rings. The van der Waals surface area contributed by atoms with Crippen LogP contribution in [0.3, 0.4) is 0 Å². The molecule has 0 radical (unpaired) electrons. The number of nitrogens with zero attached hydrogens (tertiary/aromatic N) is 3. The Morgan fingerprint density at radius 1 is 1.22 bits per heavy atom. The molecule has 1 aliphatic rings. The van der Waals surface area contributed by atoms with Crippen molar-refractivity contribution >= 4 is 39.9 Å². The van der Waals surface area contributed by atoms with Gasteiger partial charge in [0.1, 0.15) is 11.5 Å². The SMILES string of the molecule is CO[C@@H]1C[C@@H](c2nc3c(C)cccc3[nH]2)N(C(=O)c2nc(C)sc2-c2cccc(Cl)c2)C1. The first kappa shape index (κ1) is 21.1. The summed E-state index contributed by atoms with van der Waals surface area (Å²) in [5.74, 6) is 0.657. The number of para-hydroxylation sites is 1. The van der Waals surface area contributed by atoms with Crippen molar-refractivity contribution in [3.63, 3.8) is 0 Å². The number of ether oxygens (including phenoxy) is 1. The second-order valence-corrected chi connectivity index (χ2v) is 9.72. The Morgan fingerprint density at radius 2 is 2.03 bits per heavy atom. The number of aromatic amines is 1. The summed E-state index contributed by atoms with van der Waals surface area (Å²) in [6.07, 6.45) is 0.615. The van der Waals surface area contributed by atoms with E-state index in [-0.39, 0.29) is 18.1 Å². The molecule has 0 bridgehead atoms. The summed E-state index contributed by atoms with van der Waals surface area (Å²) in [6, 6.07) is 13.4. The maximum Gasteiger partial charge on any atom is 0.274 e. The van der Waals surface area contributed by atoms with Crippen LogP contribution in [0.2, 0.25) is 5.02 Å². The second kappa shape index (κ2) is 8.31. The number of methoxy groups -OCH3 is 1. The molecule has 2 atom stereocenters. The maximum absolute atomic E-state index is 13.8. The van der Waals surface area contributed by atoms with E-state index in [4.69, 9.17) is 21.3 Å². The molecule has 3 heterocycles. The van der Waals surface area contributed by atoms with Gasteiger partial charge in [0.05, 0.1) is 33.1 Å². The number of H-pyrrole nitrogens is 1. The number of carbonyl (C=O) groups excluding carboxylic acids is 1. The summed E-state index contributed by atoms with van der Waals surface area (Å²) in [5.41, 5.74) is 4.34. The molecule has 32 heavy (non-hydrogen) atoms. The Kier molecular flexibility index (Phi) is 5.49. The third-order valence-corrected chi connectivity index (χ3v) is 7.18. The van der Waals surface area contributed by atoms with Crippen LogP contribution in [0.5, 0.6) is 0 Å². The predicted octanol–water partition coefficient (Wildman–Crippen LogP) is 5.56. The lowest BCUT2D eigenvalue weighted by atomic mass is 10.1. The van der Waals surface area contributed by atoms with Crippen LogP contribution in [0.4, 0.5) is 0 Å². The topological polar surface area (TPSA) is 71.1 Å². The van der Waals surface area contributed by atoms with Gasteiger partial charge in [-0.15, -0.1) is 11.3 Å². The van der Waals surface area contributed by atoms with Gasteiger partial charge in [0, 0.05) is 25.1 Å². The number of carbonyl (C=O) groups is 1. The van der Waals surface area contributed by atoms with E-state index in [1.165, 1.54) is 11.3 Å². The summed E-state index contributed by atoms with van der Waals surface area (Å²) < 4.78 is 5.64. The molecule has 0 aliphatic carbocycles. The average molecular weight is 467 g/mol. The Balaban J connectivity index is 1.55. The predicted molar refractivity (Wildman–Crippen MR) is 127 cm³/mol. The molecule has 4 aromatic rings. The zero-order valence-electron chi connectivity index (χ0n) is 18.1. The minimum atomic E-state index is -0.214. The third kappa shape index (κ3) is 3.70. The summed E-state index contributed by atoms with van der Waals surface area (Å²) in [6.45, 7) is 4.44. The van der Waals surface area contributed by atoms with Crippen LogP contribution in [-0.4, -0.2) is 45.5 Å². The number of aryl methyl sites for hydroxylation is 2. The molecule has 164 valence electrons. The maximum atomic E-state index is 13.8. The molecule has 0 saturated carbocycles. The van der Waals surface area contributed by atoms with Gasteiger partial charge in [0.15, 0.2) is 0 Å². The second-order valence-electron chi connectivity index (χ2n) is 8.08. The van der Waals surface area contributed by atoms with Gasteiger partial charge in [-0.2, -0.15) is 0 Å². The van der Waals surface area contributed by atoms with E-state index in [0.717, 1.165) is 37.9 Å². The number of amides is 1. The average Bonchev–Trinajstić information content (AvgIpc) is 3.49. The Bertz CT molecular complexity index is 1310. The van der Waals surface area contributed by atoms with Crippen LogP contribution in [0.25, 0.3) is 21.5 Å². The molecule has 6 nitrogen and oxygen atoms in total. The fourth-order valence-electron chi connectivity index (χ4n) is 4.34. The fraction of sp³-hybridized carbons (Fsp3) is 0.292. The van der Waals surface area contributed by atoms with Crippen molar-refractivity contribution in [1.82, 2.24) is 19.9 Å². The first-order chi connectivity index (χ1) is 15.4. The third-order valence-electron chi connectivity index (χ3n) is 5.93. The van der Waals surface area contributed by atoms with Gasteiger partial charge in [-0.3, -0.25) is 4.79 Å². The molecular weight excluding hydrogens is 444 g/mol. The van der Waals surface area contributed by atoms with Crippen molar-refractivity contribution < 1.29 is 9.53 Å². The molecule has 1 aliphatic heterocycles. The standard InChI is InChI=1S/C24H23ClN4O2S/c1-13-6-4-9-18-20(13)28-23(27-18)19-11-17(31-3)12-29(19)24(30)21-22(32-14(2)26-21)15-7-5-8-16(25)10-15/h4-10,17,19H,11-12H2,1-3H3,(H,27,28)/t17-,19+/m1/s1. The van der Waals surface area contributed by atoms with E-state index in [9.17, 15) is 4.79 Å². The Morgan fingerprint density at radius 3 is 2.78 bits per heavy atom. The van der Waals surface area contributed by atoms with E-state index in [0.29, 0.717) is 23.7 Å². The Hall–Kier alpha value is -2.74. The molecule has 1 amide bonds. The highest BCUT2D eigenvalue weighted by molar-refractivity contribution is 7.15. The molecule has 5 rings (SSSR count). The minimum absolute atomic E-state index is 0.0624. The van der Waals surface area contributed by atoms with Crippen molar-refractivity contribution in [2.75, 3.05) is 13.7 Å². The van der Waals surface area contributed by atoms with Gasteiger partial charge in [-0.05, 0) is 43.2 Å². The lowest BCUT2D eigenvalue weighted by molar-refractivity contribution is 0.0680.